The molecule has 0 spiro atoms. The second-order valence-corrected chi connectivity index (χ2v) is 7.43. The lowest BCUT2D eigenvalue weighted by Gasteiger charge is -2.24. The molecule has 10 heteroatoms. The summed E-state index contributed by atoms with van der Waals surface area (Å²) in [5.41, 5.74) is 1.18. The molecule has 0 aliphatic carbocycles. The summed E-state index contributed by atoms with van der Waals surface area (Å²) >= 11 is 0. The molecule has 1 aliphatic heterocycles. The Bertz CT molecular complexity index is 1050. The van der Waals surface area contributed by atoms with Gasteiger partial charge in [-0.3, -0.25) is 0 Å². The van der Waals surface area contributed by atoms with Crippen molar-refractivity contribution in [2.75, 3.05) is 26.7 Å². The summed E-state index contributed by atoms with van der Waals surface area (Å²) in [5, 5.41) is 13.2. The van der Waals surface area contributed by atoms with E-state index >= 15 is 4.39 Å². The van der Waals surface area contributed by atoms with Crippen molar-refractivity contribution in [2.24, 2.45) is 4.36 Å². The van der Waals surface area contributed by atoms with Gasteiger partial charge in [0.2, 0.25) is 5.88 Å². The number of rotatable bonds is 6. The van der Waals surface area contributed by atoms with E-state index in [2.05, 4.69) is 9.68 Å². The molecule has 160 valence electrons. The lowest BCUT2D eigenvalue weighted by molar-refractivity contribution is 0.0694. The maximum atomic E-state index is 15.2. The Labute approximate surface area is 170 Å². The Morgan fingerprint density at radius 1 is 1.41 bits per heavy atom. The van der Waals surface area contributed by atoms with Crippen molar-refractivity contribution in [1.29, 1.82) is 0 Å². The standard InChI is InChI=1S/C18H22FN3O5S.CH4/c1-10-14-13(9-12(16(10)19)11-3-5-20-6-4-11)22(8-7-21-28(25)26)17(27-2)15(14)18(23)24;/h9,11,20H,3-8H2,1-2H3,(H,23,24);1H4. The molecule has 1 fully saturated rings. The van der Waals surface area contributed by atoms with Crippen molar-refractivity contribution in [1.82, 2.24) is 9.88 Å². The number of carbonyl (C=O) groups is 1. The number of nitrogens with zero attached hydrogens (tertiary/aromatic N) is 2. The summed E-state index contributed by atoms with van der Waals surface area (Å²) in [6.07, 6.45) is 1.58. The number of hydrogen-bond donors (Lipinski definition) is 2. The number of aromatic nitrogens is 1. The van der Waals surface area contributed by atoms with Crippen molar-refractivity contribution in [3.8, 4) is 5.88 Å². The molecule has 8 nitrogen and oxygen atoms in total. The van der Waals surface area contributed by atoms with Crippen molar-refractivity contribution in [2.45, 2.75) is 39.7 Å². The highest BCUT2D eigenvalue weighted by Gasteiger charge is 2.29. The fourth-order valence-corrected chi connectivity index (χ4v) is 4.19. The highest BCUT2D eigenvalue weighted by molar-refractivity contribution is 7.61. The number of hydrogen-bond acceptors (Lipinski definition) is 6. The normalized spacial score (nSPS) is 14.4. The second-order valence-electron chi connectivity index (χ2n) is 6.73. The molecule has 3 rings (SSSR count). The monoisotopic (exact) mass is 427 g/mol. The molecule has 1 aromatic carbocycles. The third-order valence-electron chi connectivity index (χ3n) is 5.21. The van der Waals surface area contributed by atoms with Gasteiger partial charge in [0.15, 0.2) is 0 Å². The Hall–Kier alpha value is -2.46. The van der Waals surface area contributed by atoms with E-state index in [0.717, 1.165) is 25.9 Å². The van der Waals surface area contributed by atoms with Crippen LogP contribution in [0.5, 0.6) is 5.88 Å². The second kappa shape index (κ2) is 9.36. The summed E-state index contributed by atoms with van der Waals surface area (Å²) in [5.74, 6) is -1.54. The van der Waals surface area contributed by atoms with Gasteiger partial charge in [0.05, 0.1) is 19.2 Å². The average molecular weight is 427 g/mol. The van der Waals surface area contributed by atoms with Crippen molar-refractivity contribution < 1.29 is 27.4 Å². The van der Waals surface area contributed by atoms with Crippen molar-refractivity contribution in [3.05, 3.63) is 28.6 Å². The van der Waals surface area contributed by atoms with Gasteiger partial charge in [0, 0.05) is 11.9 Å². The molecule has 2 N–H and O–H groups in total. The maximum absolute atomic E-state index is 15.2. The number of aromatic carboxylic acids is 1. The molecule has 0 saturated carbocycles. The number of methoxy groups -OCH3 is 1. The van der Waals surface area contributed by atoms with Crippen LogP contribution in [-0.4, -0.2) is 50.8 Å². The van der Waals surface area contributed by atoms with Crippen LogP contribution in [0.2, 0.25) is 0 Å². The van der Waals surface area contributed by atoms with Crippen LogP contribution in [0.3, 0.4) is 0 Å². The molecule has 2 heterocycles. The van der Waals surface area contributed by atoms with E-state index in [-0.39, 0.29) is 48.8 Å². The number of aryl methyl sites for hydroxylation is 1. The van der Waals surface area contributed by atoms with Crippen LogP contribution in [0, 0.1) is 12.7 Å². The summed E-state index contributed by atoms with van der Waals surface area (Å²) in [6, 6.07) is 1.68. The van der Waals surface area contributed by atoms with Crippen LogP contribution in [0.15, 0.2) is 10.4 Å². The Balaban J connectivity index is 0.00000300. The molecule has 1 aromatic heterocycles. The van der Waals surface area contributed by atoms with Gasteiger partial charge in [0.25, 0.3) is 0 Å². The zero-order valence-corrected chi connectivity index (χ0v) is 16.5. The van der Waals surface area contributed by atoms with E-state index in [0.29, 0.717) is 11.1 Å². The lowest BCUT2D eigenvalue weighted by atomic mass is 9.87. The Morgan fingerprint density at radius 2 is 2.07 bits per heavy atom. The van der Waals surface area contributed by atoms with Crippen molar-refractivity contribution >= 4 is 27.4 Å². The lowest BCUT2D eigenvalue weighted by Crippen LogP contribution is -2.27. The predicted octanol–water partition coefficient (Wildman–Crippen LogP) is 2.96. The van der Waals surface area contributed by atoms with E-state index < -0.39 is 22.3 Å². The van der Waals surface area contributed by atoms with E-state index in [9.17, 15) is 18.3 Å². The number of ether oxygens (including phenoxy) is 1. The fraction of sp³-hybridized carbons (Fsp3) is 0.526. The smallest absolute Gasteiger partial charge is 0.341 e. The highest BCUT2D eigenvalue weighted by atomic mass is 32.2. The molecular weight excluding hydrogens is 401 g/mol. The minimum absolute atomic E-state index is 0. The number of carboxylic acids is 1. The van der Waals surface area contributed by atoms with E-state index in [4.69, 9.17) is 4.74 Å². The first-order valence-corrected chi connectivity index (χ1v) is 10.00. The molecule has 1 saturated heterocycles. The van der Waals surface area contributed by atoms with Gasteiger partial charge in [0.1, 0.15) is 11.4 Å². The summed E-state index contributed by atoms with van der Waals surface area (Å²) in [4.78, 5) is 11.9. The molecule has 0 radical (unpaired) electrons. The minimum atomic E-state index is -2.56. The highest BCUT2D eigenvalue weighted by Crippen LogP contribution is 2.39. The molecule has 0 bridgehead atoms. The number of piperidine rings is 1. The van der Waals surface area contributed by atoms with Gasteiger partial charge in [-0.1, -0.05) is 7.43 Å². The van der Waals surface area contributed by atoms with Gasteiger partial charge in [-0.15, -0.1) is 0 Å². The topological polar surface area (TPSA) is 110 Å². The van der Waals surface area contributed by atoms with Gasteiger partial charge in [-0.2, -0.15) is 12.8 Å². The summed E-state index contributed by atoms with van der Waals surface area (Å²) < 4.78 is 46.9. The molecule has 1 aliphatic rings. The number of fused-ring (bicyclic) bond motifs is 1. The average Bonchev–Trinajstić information content (AvgIpc) is 2.99. The number of benzene rings is 1. The zero-order chi connectivity index (χ0) is 20.4. The van der Waals surface area contributed by atoms with Crippen LogP contribution in [-0.2, 0) is 17.0 Å². The summed E-state index contributed by atoms with van der Waals surface area (Å²) in [6.45, 7) is 3.17. The molecule has 29 heavy (non-hydrogen) atoms. The molecule has 0 atom stereocenters. The van der Waals surface area contributed by atoms with Crippen LogP contribution >= 0.6 is 0 Å². The number of nitrogens with one attached hydrogen (secondary N) is 1. The number of carboxylic acid groups (broad SMARTS) is 1. The van der Waals surface area contributed by atoms with Crippen LogP contribution in [0.4, 0.5) is 4.39 Å². The third kappa shape index (κ3) is 4.27. The van der Waals surface area contributed by atoms with E-state index in [1.807, 2.05) is 0 Å². The SMILES string of the molecule is C.COc1c(C(=O)O)c2c(C)c(F)c(C3CCNCC3)cc2n1CCN=S(=O)=O. The Morgan fingerprint density at radius 3 is 2.62 bits per heavy atom. The molecule has 0 amide bonds. The van der Waals surface area contributed by atoms with E-state index in [1.54, 1.807) is 17.6 Å². The molecule has 2 aromatic rings. The van der Waals surface area contributed by atoms with Gasteiger partial charge >= 0.3 is 16.5 Å². The summed E-state index contributed by atoms with van der Waals surface area (Å²) in [7, 11) is -1.23. The quantitative estimate of drug-likeness (QED) is 0.733. The minimum Gasteiger partial charge on any atom is -0.482 e. The van der Waals surface area contributed by atoms with Gasteiger partial charge in [-0.25, -0.2) is 9.18 Å². The third-order valence-corrected chi connectivity index (χ3v) is 5.61. The number of halogens is 1. The van der Waals surface area contributed by atoms with Gasteiger partial charge < -0.3 is 19.7 Å². The molecular formula is C19H26FN3O5S. The van der Waals surface area contributed by atoms with Crippen LogP contribution in [0.25, 0.3) is 10.9 Å². The largest absolute Gasteiger partial charge is 0.482 e. The van der Waals surface area contributed by atoms with Gasteiger partial charge in [-0.05, 0) is 56.0 Å². The first-order valence-electron chi connectivity index (χ1n) is 8.96. The Kier molecular flexibility index (Phi) is 7.37. The van der Waals surface area contributed by atoms with Crippen molar-refractivity contribution in [3.63, 3.8) is 0 Å². The van der Waals surface area contributed by atoms with Crippen LogP contribution < -0.4 is 10.1 Å². The first-order chi connectivity index (χ1) is 13.4. The van der Waals surface area contributed by atoms with Crippen LogP contribution in [0.1, 0.15) is 47.7 Å². The molecule has 0 unspecified atom stereocenters. The predicted molar refractivity (Wildman–Crippen MR) is 108 cm³/mol. The maximum Gasteiger partial charge on any atom is 0.341 e. The van der Waals surface area contributed by atoms with E-state index in [1.165, 1.54) is 7.11 Å². The zero-order valence-electron chi connectivity index (χ0n) is 15.7. The first kappa shape index (κ1) is 22.8. The fourth-order valence-electron chi connectivity index (χ4n) is 3.96.